The molecule has 1 fully saturated rings. The van der Waals surface area contributed by atoms with E-state index in [2.05, 4.69) is 0 Å². The van der Waals surface area contributed by atoms with E-state index in [1.807, 2.05) is 0 Å². The first-order chi connectivity index (χ1) is 9.43. The van der Waals surface area contributed by atoms with Crippen LogP contribution in [0.5, 0.6) is 5.75 Å². The fraction of sp³-hybridized carbons (Fsp3) is 0.308. The number of carbonyl (C=O) groups excluding carboxylic acids is 2. The smallest absolute Gasteiger partial charge is 0.337 e. The Morgan fingerprint density at radius 3 is 2.65 bits per heavy atom. The number of amides is 2. The summed E-state index contributed by atoms with van der Waals surface area (Å²) < 4.78 is 4.97. The van der Waals surface area contributed by atoms with Gasteiger partial charge in [0.25, 0.3) is 0 Å². The number of ether oxygens (including phenoxy) is 1. The van der Waals surface area contributed by atoms with Gasteiger partial charge in [-0.2, -0.15) is 0 Å². The first-order valence-electron chi connectivity index (χ1n) is 5.95. The van der Waals surface area contributed by atoms with Crippen molar-refractivity contribution in [2.24, 2.45) is 11.7 Å². The van der Waals surface area contributed by atoms with Gasteiger partial charge in [0.1, 0.15) is 5.75 Å². The average Bonchev–Trinajstić information content (AvgIpc) is 2.80. The van der Waals surface area contributed by atoms with Gasteiger partial charge in [-0.1, -0.05) is 0 Å². The third-order valence-corrected chi connectivity index (χ3v) is 3.25. The van der Waals surface area contributed by atoms with Gasteiger partial charge >= 0.3 is 5.97 Å². The molecule has 106 valence electrons. The first kappa shape index (κ1) is 13.9. The van der Waals surface area contributed by atoms with Gasteiger partial charge in [0.15, 0.2) is 0 Å². The van der Waals surface area contributed by atoms with Crippen LogP contribution in [0.4, 0.5) is 5.69 Å². The van der Waals surface area contributed by atoms with Crippen LogP contribution in [0.15, 0.2) is 18.2 Å². The third-order valence-electron chi connectivity index (χ3n) is 3.25. The molecule has 0 aromatic heterocycles. The maximum Gasteiger partial charge on any atom is 0.337 e. The predicted molar refractivity (Wildman–Crippen MR) is 69.6 cm³/mol. The number of carbonyl (C=O) groups is 3. The average molecular weight is 278 g/mol. The van der Waals surface area contributed by atoms with Crippen LogP contribution >= 0.6 is 0 Å². The zero-order valence-corrected chi connectivity index (χ0v) is 10.8. The fourth-order valence-corrected chi connectivity index (χ4v) is 2.18. The number of benzene rings is 1. The molecule has 20 heavy (non-hydrogen) atoms. The Morgan fingerprint density at radius 1 is 1.45 bits per heavy atom. The molecule has 3 N–H and O–H groups in total. The molecular weight excluding hydrogens is 264 g/mol. The van der Waals surface area contributed by atoms with E-state index in [9.17, 15) is 19.5 Å². The molecule has 1 atom stereocenters. The van der Waals surface area contributed by atoms with Crippen molar-refractivity contribution in [1.82, 2.24) is 0 Å². The SMILES string of the molecule is COc1ccc(N2CC(C(N)=O)CC2=O)c(C(=O)O)c1. The Morgan fingerprint density at radius 2 is 2.15 bits per heavy atom. The zero-order valence-electron chi connectivity index (χ0n) is 10.8. The van der Waals surface area contributed by atoms with Gasteiger partial charge < -0.3 is 20.5 Å². The van der Waals surface area contributed by atoms with Crippen LogP contribution in [-0.4, -0.2) is 36.5 Å². The Hall–Kier alpha value is -2.57. The summed E-state index contributed by atoms with van der Waals surface area (Å²) in [5.41, 5.74) is 5.38. The minimum absolute atomic E-state index is 0.000418. The maximum absolute atomic E-state index is 11.9. The highest BCUT2D eigenvalue weighted by Gasteiger charge is 2.35. The first-order valence-corrected chi connectivity index (χ1v) is 5.95. The van der Waals surface area contributed by atoms with Crippen molar-refractivity contribution in [3.05, 3.63) is 23.8 Å². The van der Waals surface area contributed by atoms with Crippen molar-refractivity contribution < 1.29 is 24.2 Å². The second kappa shape index (κ2) is 5.20. The Kier molecular flexibility index (Phi) is 3.60. The predicted octanol–water partition coefficient (Wildman–Crippen LogP) is 0.232. The molecule has 1 aliphatic heterocycles. The molecule has 0 bridgehead atoms. The molecule has 2 amide bonds. The van der Waals surface area contributed by atoms with Crippen LogP contribution in [0, 0.1) is 5.92 Å². The molecule has 0 spiro atoms. The highest BCUT2D eigenvalue weighted by molar-refractivity contribution is 6.05. The highest BCUT2D eigenvalue weighted by atomic mass is 16.5. The van der Waals surface area contributed by atoms with Crippen LogP contribution in [0.3, 0.4) is 0 Å². The number of aromatic carboxylic acids is 1. The van der Waals surface area contributed by atoms with E-state index >= 15 is 0 Å². The normalized spacial score (nSPS) is 18.1. The topological polar surface area (TPSA) is 110 Å². The Balaban J connectivity index is 2.40. The van der Waals surface area contributed by atoms with E-state index in [1.165, 1.54) is 24.1 Å². The Bertz CT molecular complexity index is 584. The van der Waals surface area contributed by atoms with E-state index in [1.54, 1.807) is 6.07 Å². The molecule has 1 aromatic carbocycles. The number of carboxylic acids is 1. The molecule has 0 saturated carbocycles. The van der Waals surface area contributed by atoms with Crippen LogP contribution in [0.2, 0.25) is 0 Å². The molecule has 1 aromatic rings. The molecule has 0 aliphatic carbocycles. The van der Waals surface area contributed by atoms with Gasteiger partial charge in [-0.15, -0.1) is 0 Å². The molecule has 0 radical (unpaired) electrons. The second-order valence-corrected chi connectivity index (χ2v) is 4.50. The number of anilines is 1. The minimum Gasteiger partial charge on any atom is -0.497 e. The number of nitrogens with zero attached hydrogens (tertiary/aromatic N) is 1. The largest absolute Gasteiger partial charge is 0.497 e. The van der Waals surface area contributed by atoms with Gasteiger partial charge in [0.2, 0.25) is 11.8 Å². The molecule has 1 aliphatic rings. The summed E-state index contributed by atoms with van der Waals surface area (Å²) in [5.74, 6) is -2.27. The van der Waals surface area contributed by atoms with Crippen molar-refractivity contribution in [3.63, 3.8) is 0 Å². The summed E-state index contributed by atoms with van der Waals surface area (Å²) in [5, 5.41) is 9.22. The quantitative estimate of drug-likeness (QED) is 0.819. The van der Waals surface area contributed by atoms with Crippen molar-refractivity contribution in [1.29, 1.82) is 0 Å². The van der Waals surface area contributed by atoms with Crippen LogP contribution in [-0.2, 0) is 9.59 Å². The molecule has 1 unspecified atom stereocenters. The van der Waals surface area contributed by atoms with Crippen molar-refractivity contribution in [2.75, 3.05) is 18.6 Å². The maximum atomic E-state index is 11.9. The summed E-state index contributed by atoms with van der Waals surface area (Å²) >= 11 is 0. The monoisotopic (exact) mass is 278 g/mol. The van der Waals surface area contributed by atoms with Crippen LogP contribution < -0.4 is 15.4 Å². The second-order valence-electron chi connectivity index (χ2n) is 4.50. The number of nitrogens with two attached hydrogens (primary N) is 1. The number of hydrogen-bond acceptors (Lipinski definition) is 4. The summed E-state index contributed by atoms with van der Waals surface area (Å²) in [6.07, 6.45) is 0.000418. The number of carboxylic acid groups (broad SMARTS) is 1. The lowest BCUT2D eigenvalue weighted by Gasteiger charge is -2.19. The number of hydrogen-bond donors (Lipinski definition) is 2. The number of primary amides is 1. The standard InChI is InChI=1S/C13H14N2O5/c1-20-8-2-3-10(9(5-8)13(18)19)15-6-7(12(14)17)4-11(15)16/h2-3,5,7H,4,6H2,1H3,(H2,14,17)(H,18,19). The van der Waals surface area contributed by atoms with Gasteiger partial charge in [-0.3, -0.25) is 9.59 Å². The number of methoxy groups -OCH3 is 1. The molecule has 7 heteroatoms. The lowest BCUT2D eigenvalue weighted by molar-refractivity contribution is -0.123. The summed E-state index contributed by atoms with van der Waals surface area (Å²) in [6, 6.07) is 4.39. The van der Waals surface area contributed by atoms with E-state index < -0.39 is 17.8 Å². The summed E-state index contributed by atoms with van der Waals surface area (Å²) in [4.78, 5) is 35.6. The van der Waals surface area contributed by atoms with Gasteiger partial charge in [0.05, 0.1) is 24.3 Å². The fourth-order valence-electron chi connectivity index (χ4n) is 2.18. The van der Waals surface area contributed by atoms with E-state index in [0.29, 0.717) is 5.75 Å². The molecule has 2 rings (SSSR count). The summed E-state index contributed by atoms with van der Waals surface area (Å²) in [6.45, 7) is 0.0980. The van der Waals surface area contributed by atoms with Gasteiger partial charge in [0, 0.05) is 13.0 Å². The van der Waals surface area contributed by atoms with Crippen LogP contribution in [0.25, 0.3) is 0 Å². The lowest BCUT2D eigenvalue weighted by atomic mass is 10.1. The number of rotatable bonds is 4. The highest BCUT2D eigenvalue weighted by Crippen LogP contribution is 2.30. The molecule has 1 heterocycles. The molecular formula is C13H14N2O5. The van der Waals surface area contributed by atoms with Crippen molar-refractivity contribution in [2.45, 2.75) is 6.42 Å². The summed E-state index contributed by atoms with van der Waals surface area (Å²) in [7, 11) is 1.42. The minimum atomic E-state index is -1.17. The van der Waals surface area contributed by atoms with Crippen LogP contribution in [0.1, 0.15) is 16.8 Å². The van der Waals surface area contributed by atoms with Gasteiger partial charge in [-0.05, 0) is 18.2 Å². The van der Waals surface area contributed by atoms with Gasteiger partial charge in [-0.25, -0.2) is 4.79 Å². The van der Waals surface area contributed by atoms with E-state index in [4.69, 9.17) is 10.5 Å². The van der Waals surface area contributed by atoms with Crippen molar-refractivity contribution in [3.8, 4) is 5.75 Å². The van der Waals surface area contributed by atoms with Crippen molar-refractivity contribution >= 4 is 23.5 Å². The lowest BCUT2D eigenvalue weighted by Crippen LogP contribution is -2.29. The Labute approximate surface area is 114 Å². The van der Waals surface area contributed by atoms with E-state index in [0.717, 1.165) is 0 Å². The van der Waals surface area contributed by atoms with E-state index in [-0.39, 0.29) is 30.1 Å². The third kappa shape index (κ3) is 2.42. The molecule has 1 saturated heterocycles. The zero-order chi connectivity index (χ0) is 14.9. The molecule has 7 nitrogen and oxygen atoms in total.